The zero-order valence-corrected chi connectivity index (χ0v) is 17.5. The summed E-state index contributed by atoms with van der Waals surface area (Å²) in [5, 5.41) is 4.25. The number of sulfone groups is 1. The normalized spacial score (nSPS) is 16.6. The predicted octanol–water partition coefficient (Wildman–Crippen LogP) is 4.18. The second-order valence-corrected chi connectivity index (χ2v) is 9.86. The van der Waals surface area contributed by atoms with Crippen LogP contribution in [-0.4, -0.2) is 42.7 Å². The number of carbonyl (C=O) groups is 1. The van der Waals surface area contributed by atoms with E-state index in [4.69, 9.17) is 4.52 Å². The molecule has 0 N–H and O–H groups in total. The number of rotatable bonds is 4. The first-order valence-corrected chi connectivity index (χ1v) is 11.6. The molecule has 0 radical (unpaired) electrons. The van der Waals surface area contributed by atoms with Crippen LogP contribution in [0.25, 0.3) is 22.2 Å². The Hall–Kier alpha value is -3.45. The summed E-state index contributed by atoms with van der Waals surface area (Å²) in [6.45, 7) is 0.589. The highest BCUT2D eigenvalue weighted by Crippen LogP contribution is 2.30. The molecule has 2 heterocycles. The van der Waals surface area contributed by atoms with Crippen molar-refractivity contribution >= 4 is 26.6 Å². The van der Waals surface area contributed by atoms with E-state index in [-0.39, 0.29) is 12.5 Å². The van der Waals surface area contributed by atoms with Crippen molar-refractivity contribution in [1.29, 1.82) is 0 Å². The summed E-state index contributed by atoms with van der Waals surface area (Å²) in [4.78, 5) is 15.1. The van der Waals surface area contributed by atoms with E-state index in [9.17, 15) is 13.2 Å². The van der Waals surface area contributed by atoms with Gasteiger partial charge in [-0.25, -0.2) is 8.42 Å². The van der Waals surface area contributed by atoms with E-state index >= 15 is 0 Å². The summed E-state index contributed by atoms with van der Waals surface area (Å²) in [5.41, 5.74) is 2.04. The topological polar surface area (TPSA) is 80.5 Å². The molecule has 1 aliphatic heterocycles. The summed E-state index contributed by atoms with van der Waals surface area (Å²) >= 11 is 0. The third-order valence-electron chi connectivity index (χ3n) is 5.70. The first kappa shape index (κ1) is 19.5. The van der Waals surface area contributed by atoms with Crippen molar-refractivity contribution in [2.45, 2.75) is 16.6 Å². The summed E-state index contributed by atoms with van der Waals surface area (Å²) < 4.78 is 31.4. The predicted molar refractivity (Wildman–Crippen MR) is 117 cm³/mol. The Morgan fingerprint density at radius 2 is 1.68 bits per heavy atom. The fourth-order valence-corrected chi connectivity index (χ4v) is 5.74. The minimum Gasteiger partial charge on any atom is -0.355 e. The third-order valence-corrected chi connectivity index (χ3v) is 7.89. The van der Waals surface area contributed by atoms with Gasteiger partial charge in [0.15, 0.2) is 15.6 Å². The van der Waals surface area contributed by atoms with Crippen molar-refractivity contribution in [3.05, 3.63) is 84.4 Å². The number of carbonyl (C=O) groups excluding carboxylic acids is 1. The molecule has 0 saturated carbocycles. The van der Waals surface area contributed by atoms with E-state index in [1.165, 1.54) is 0 Å². The Labute approximate surface area is 180 Å². The molecule has 0 spiro atoms. The lowest BCUT2D eigenvalue weighted by molar-refractivity contribution is 0.0793. The van der Waals surface area contributed by atoms with Gasteiger partial charge < -0.3 is 9.42 Å². The molecule has 1 atom stereocenters. The van der Waals surface area contributed by atoms with Crippen molar-refractivity contribution in [1.82, 2.24) is 10.1 Å². The number of fused-ring (bicyclic) bond motifs is 1. The molecule has 0 aliphatic carbocycles. The lowest BCUT2D eigenvalue weighted by Crippen LogP contribution is -2.31. The van der Waals surface area contributed by atoms with Crippen molar-refractivity contribution in [2.75, 3.05) is 13.1 Å². The molecule has 7 heteroatoms. The van der Waals surface area contributed by atoms with Crippen LogP contribution in [0.4, 0.5) is 0 Å². The quantitative estimate of drug-likeness (QED) is 0.483. The van der Waals surface area contributed by atoms with Crippen molar-refractivity contribution in [2.24, 2.45) is 0 Å². The van der Waals surface area contributed by atoms with Gasteiger partial charge in [-0.3, -0.25) is 4.79 Å². The van der Waals surface area contributed by atoms with Gasteiger partial charge in [0.05, 0.1) is 15.5 Å². The van der Waals surface area contributed by atoms with Crippen LogP contribution < -0.4 is 0 Å². The van der Waals surface area contributed by atoms with Gasteiger partial charge >= 0.3 is 0 Å². The molecule has 1 amide bonds. The zero-order chi connectivity index (χ0) is 21.4. The molecule has 1 unspecified atom stereocenters. The van der Waals surface area contributed by atoms with Gasteiger partial charge in [0, 0.05) is 24.2 Å². The van der Waals surface area contributed by atoms with Gasteiger partial charge in [0.2, 0.25) is 0 Å². The number of benzene rings is 3. The van der Waals surface area contributed by atoms with E-state index in [1.807, 2.05) is 30.3 Å². The molecule has 0 bridgehead atoms. The molecule has 1 aliphatic rings. The summed E-state index contributed by atoms with van der Waals surface area (Å²) in [7, 11) is -3.47. The van der Waals surface area contributed by atoms with Gasteiger partial charge in [-0.05, 0) is 36.8 Å². The summed E-state index contributed by atoms with van der Waals surface area (Å²) in [5.74, 6) is 0.420. The number of hydrogen-bond donors (Lipinski definition) is 0. The van der Waals surface area contributed by atoms with E-state index < -0.39 is 15.1 Å². The Kier molecular flexibility index (Phi) is 4.82. The lowest BCUT2D eigenvalue weighted by atomic mass is 10.1. The first-order valence-electron chi connectivity index (χ1n) is 10.1. The average Bonchev–Trinajstić information content (AvgIpc) is 3.47. The second kappa shape index (κ2) is 7.67. The molecule has 1 aromatic heterocycles. The van der Waals surface area contributed by atoms with Gasteiger partial charge in [-0.1, -0.05) is 53.7 Å². The molecule has 1 fully saturated rings. The molecule has 3 aromatic carbocycles. The van der Waals surface area contributed by atoms with Crippen molar-refractivity contribution in [3.8, 4) is 11.3 Å². The zero-order valence-electron chi connectivity index (χ0n) is 16.6. The molecule has 156 valence electrons. The SMILES string of the molecule is O=C(c1ccc2noc(-c3ccccc3)c2c1)N1CCC(S(=O)(=O)c2ccccc2)C1. The van der Waals surface area contributed by atoms with Crippen LogP contribution in [0.5, 0.6) is 0 Å². The Morgan fingerprint density at radius 3 is 2.42 bits per heavy atom. The Balaban J connectivity index is 1.41. The van der Waals surface area contributed by atoms with Crippen LogP contribution >= 0.6 is 0 Å². The number of likely N-dealkylation sites (tertiary alicyclic amines) is 1. The standard InChI is InChI=1S/C24H20N2O4S/c27-24(26-14-13-20(16-26)31(28,29)19-9-5-2-6-10-19)18-11-12-22-21(15-18)23(30-25-22)17-7-3-1-4-8-17/h1-12,15,20H,13-14,16H2. The highest BCUT2D eigenvalue weighted by Gasteiger charge is 2.36. The van der Waals surface area contributed by atoms with Crippen molar-refractivity contribution < 1.29 is 17.7 Å². The molecule has 31 heavy (non-hydrogen) atoms. The summed E-state index contributed by atoms with van der Waals surface area (Å²) in [6.07, 6.45) is 0.424. The van der Waals surface area contributed by atoms with Crippen LogP contribution in [0.15, 0.2) is 88.3 Å². The maximum Gasteiger partial charge on any atom is 0.253 e. The highest BCUT2D eigenvalue weighted by atomic mass is 32.2. The maximum atomic E-state index is 13.1. The Bertz CT molecular complexity index is 1350. The van der Waals surface area contributed by atoms with Crippen LogP contribution in [0.3, 0.4) is 0 Å². The van der Waals surface area contributed by atoms with Crippen molar-refractivity contribution in [3.63, 3.8) is 0 Å². The van der Waals surface area contributed by atoms with Crippen LogP contribution in [-0.2, 0) is 9.84 Å². The largest absolute Gasteiger partial charge is 0.355 e. The van der Waals surface area contributed by atoms with Gasteiger partial charge in [-0.2, -0.15) is 0 Å². The lowest BCUT2D eigenvalue weighted by Gasteiger charge is -2.17. The molecule has 5 rings (SSSR count). The van der Waals surface area contributed by atoms with E-state index in [0.717, 1.165) is 10.9 Å². The third kappa shape index (κ3) is 3.51. The molecule has 1 saturated heterocycles. The second-order valence-electron chi connectivity index (χ2n) is 7.63. The summed E-state index contributed by atoms with van der Waals surface area (Å²) in [6, 6.07) is 23.2. The number of amides is 1. The van der Waals surface area contributed by atoms with Gasteiger partial charge in [0.25, 0.3) is 5.91 Å². The molecule has 4 aromatic rings. The first-order chi connectivity index (χ1) is 15.0. The van der Waals surface area contributed by atoms with E-state index in [0.29, 0.717) is 34.7 Å². The maximum absolute atomic E-state index is 13.1. The fourth-order valence-electron chi connectivity index (χ4n) is 4.02. The molecule has 6 nitrogen and oxygen atoms in total. The fraction of sp³-hybridized carbons (Fsp3) is 0.167. The van der Waals surface area contributed by atoms with Crippen LogP contribution in [0.2, 0.25) is 0 Å². The smallest absolute Gasteiger partial charge is 0.253 e. The molecular formula is C24H20N2O4S. The van der Waals surface area contributed by atoms with E-state index in [1.54, 1.807) is 53.4 Å². The number of nitrogens with zero attached hydrogens (tertiary/aromatic N) is 2. The van der Waals surface area contributed by atoms with Gasteiger partial charge in [-0.15, -0.1) is 0 Å². The number of hydrogen-bond acceptors (Lipinski definition) is 5. The van der Waals surface area contributed by atoms with E-state index in [2.05, 4.69) is 5.16 Å². The van der Waals surface area contributed by atoms with Gasteiger partial charge in [0.1, 0.15) is 5.52 Å². The monoisotopic (exact) mass is 432 g/mol. The van der Waals surface area contributed by atoms with Crippen LogP contribution in [0.1, 0.15) is 16.8 Å². The molecular weight excluding hydrogens is 412 g/mol. The minimum absolute atomic E-state index is 0.184. The minimum atomic E-state index is -3.47. The highest BCUT2D eigenvalue weighted by molar-refractivity contribution is 7.92. The number of aromatic nitrogens is 1. The Morgan fingerprint density at radius 1 is 0.968 bits per heavy atom. The average molecular weight is 433 g/mol. The van der Waals surface area contributed by atoms with Crippen LogP contribution in [0, 0.1) is 0 Å².